The molecule has 0 aliphatic carbocycles. The monoisotopic (exact) mass is 354 g/mol. The molecule has 1 saturated heterocycles. The molecule has 1 aromatic heterocycles. The quantitative estimate of drug-likeness (QED) is 0.755. The van der Waals surface area contributed by atoms with Crippen LogP contribution in [0.3, 0.4) is 0 Å². The maximum absolute atomic E-state index is 12.0. The summed E-state index contributed by atoms with van der Waals surface area (Å²) in [6, 6.07) is 16.3. The lowest BCUT2D eigenvalue weighted by Crippen LogP contribution is -2.56. The van der Waals surface area contributed by atoms with Gasteiger partial charge < -0.3 is 15.0 Å². The number of hydrogen-bond acceptors (Lipinski definition) is 3. The number of nitrogens with one attached hydrogen (secondary N) is 1. The van der Waals surface area contributed by atoms with Crippen LogP contribution in [0.4, 0.5) is 5.69 Å². The fraction of sp³-hybridized carbons (Fsp3) is 0.300. The molecule has 5 heteroatoms. The normalized spacial score (nSPS) is 17.5. The van der Waals surface area contributed by atoms with E-state index in [2.05, 4.69) is 41.1 Å². The van der Waals surface area contributed by atoms with E-state index < -0.39 is 10.8 Å². The summed E-state index contributed by atoms with van der Waals surface area (Å²) in [7, 11) is -1.03. The van der Waals surface area contributed by atoms with Gasteiger partial charge in [0.15, 0.2) is 0 Å². The Morgan fingerprint density at radius 1 is 1.20 bits per heavy atom. The lowest BCUT2D eigenvalue weighted by Gasteiger charge is -2.49. The minimum atomic E-state index is -1.03. The summed E-state index contributed by atoms with van der Waals surface area (Å²) in [6.45, 7) is 3.94. The van der Waals surface area contributed by atoms with Crippen molar-refractivity contribution in [2.75, 3.05) is 30.9 Å². The number of benzene rings is 2. The second-order valence-corrected chi connectivity index (χ2v) is 8.61. The molecule has 0 saturated carbocycles. The van der Waals surface area contributed by atoms with Gasteiger partial charge in [-0.25, -0.2) is 0 Å². The van der Waals surface area contributed by atoms with Gasteiger partial charge in [-0.15, -0.1) is 0 Å². The summed E-state index contributed by atoms with van der Waals surface area (Å²) in [6.07, 6.45) is 1.70. The average Bonchev–Trinajstić information content (AvgIpc) is 3.02. The van der Waals surface area contributed by atoms with E-state index in [1.54, 1.807) is 6.26 Å². The average molecular weight is 354 g/mol. The number of H-pyrrole nitrogens is 1. The Kier molecular flexibility index (Phi) is 3.93. The summed E-state index contributed by atoms with van der Waals surface area (Å²) in [5.41, 5.74) is 4.26. The number of anilines is 1. The molecule has 1 atom stereocenters. The highest BCUT2D eigenvalue weighted by Gasteiger charge is 2.39. The maximum Gasteiger partial charge on any atom is 0.0518 e. The van der Waals surface area contributed by atoms with E-state index in [4.69, 9.17) is 0 Å². The third-order valence-corrected chi connectivity index (χ3v) is 5.91. The molecule has 0 amide bonds. The highest BCUT2D eigenvalue weighted by molar-refractivity contribution is 7.84. The number of para-hydroxylation sites is 1. The Morgan fingerprint density at radius 2 is 1.96 bits per heavy atom. The van der Waals surface area contributed by atoms with Crippen LogP contribution in [0.1, 0.15) is 6.92 Å². The third-order valence-electron chi connectivity index (χ3n) is 4.99. The lowest BCUT2D eigenvalue weighted by atomic mass is 9.82. The first kappa shape index (κ1) is 16.4. The van der Waals surface area contributed by atoms with Crippen molar-refractivity contribution in [2.24, 2.45) is 5.41 Å². The maximum atomic E-state index is 12.0. The van der Waals surface area contributed by atoms with Crippen LogP contribution in [0.5, 0.6) is 0 Å². The second-order valence-electron chi connectivity index (χ2n) is 7.23. The van der Waals surface area contributed by atoms with E-state index in [0.29, 0.717) is 0 Å². The van der Waals surface area contributed by atoms with Gasteiger partial charge in [0.2, 0.25) is 0 Å². The molecule has 0 bridgehead atoms. The van der Waals surface area contributed by atoms with Crippen molar-refractivity contribution < 1.29 is 9.32 Å². The molecule has 4 nitrogen and oxygen atoms in total. The Balaban J connectivity index is 1.81. The van der Waals surface area contributed by atoms with Gasteiger partial charge in [-0.1, -0.05) is 25.1 Å². The number of aromatic amines is 1. The standard InChI is InChI=1S/C20H22N2O2S/c1-20(13-23)11-22(12-20)19-8-7-15(25(2)24)10-16(19)18-9-14-5-3-4-6-17(14)21-18/h3-10,21,23H,11-13H2,1-2H3. The van der Waals surface area contributed by atoms with Gasteiger partial charge in [-0.2, -0.15) is 0 Å². The van der Waals surface area contributed by atoms with Crippen molar-refractivity contribution in [3.63, 3.8) is 0 Å². The number of aliphatic hydroxyl groups is 1. The van der Waals surface area contributed by atoms with Crippen LogP contribution in [0, 0.1) is 5.41 Å². The number of aliphatic hydroxyl groups excluding tert-OH is 1. The number of hydrogen-bond donors (Lipinski definition) is 2. The highest BCUT2D eigenvalue weighted by atomic mass is 32.2. The molecule has 130 valence electrons. The van der Waals surface area contributed by atoms with Crippen LogP contribution in [0.25, 0.3) is 22.2 Å². The van der Waals surface area contributed by atoms with E-state index in [-0.39, 0.29) is 12.0 Å². The molecule has 0 spiro atoms. The molecule has 2 heterocycles. The first-order chi connectivity index (χ1) is 12.0. The number of aromatic nitrogens is 1. The summed E-state index contributed by atoms with van der Waals surface area (Å²) in [5, 5.41) is 10.7. The molecule has 25 heavy (non-hydrogen) atoms. The summed E-state index contributed by atoms with van der Waals surface area (Å²) >= 11 is 0. The van der Waals surface area contributed by atoms with Gasteiger partial charge in [0.25, 0.3) is 0 Å². The molecular weight excluding hydrogens is 332 g/mol. The first-order valence-electron chi connectivity index (χ1n) is 8.40. The Hall–Kier alpha value is -2.11. The zero-order valence-corrected chi connectivity index (χ0v) is 15.3. The number of nitrogens with zero attached hydrogens (tertiary/aromatic N) is 1. The van der Waals surface area contributed by atoms with Crippen molar-refractivity contribution in [1.29, 1.82) is 0 Å². The van der Waals surface area contributed by atoms with Gasteiger partial charge in [0.1, 0.15) is 0 Å². The van der Waals surface area contributed by atoms with Gasteiger partial charge in [0, 0.05) is 68.3 Å². The van der Waals surface area contributed by atoms with Crippen molar-refractivity contribution in [2.45, 2.75) is 11.8 Å². The van der Waals surface area contributed by atoms with Crippen molar-refractivity contribution in [1.82, 2.24) is 4.98 Å². The molecule has 1 fully saturated rings. The van der Waals surface area contributed by atoms with Gasteiger partial charge in [-0.05, 0) is 30.3 Å². The minimum absolute atomic E-state index is 0.0377. The van der Waals surface area contributed by atoms with E-state index >= 15 is 0 Å². The van der Waals surface area contributed by atoms with Crippen LogP contribution in [0.2, 0.25) is 0 Å². The largest absolute Gasteiger partial charge is 0.396 e. The van der Waals surface area contributed by atoms with Gasteiger partial charge >= 0.3 is 0 Å². The Morgan fingerprint density at radius 3 is 2.64 bits per heavy atom. The lowest BCUT2D eigenvalue weighted by molar-refractivity contribution is 0.111. The zero-order valence-electron chi connectivity index (χ0n) is 14.5. The number of fused-ring (bicyclic) bond motifs is 1. The third kappa shape index (κ3) is 2.87. The molecule has 1 aliphatic rings. The van der Waals surface area contributed by atoms with Gasteiger partial charge in [0.05, 0.1) is 6.61 Å². The molecule has 2 aromatic carbocycles. The Labute approximate surface area is 149 Å². The topological polar surface area (TPSA) is 56.3 Å². The van der Waals surface area contributed by atoms with Crippen molar-refractivity contribution in [3.05, 3.63) is 48.5 Å². The van der Waals surface area contributed by atoms with Crippen LogP contribution in [-0.2, 0) is 10.8 Å². The summed E-state index contributed by atoms with van der Waals surface area (Å²) in [4.78, 5) is 6.58. The zero-order chi connectivity index (χ0) is 17.6. The minimum Gasteiger partial charge on any atom is -0.396 e. The van der Waals surface area contributed by atoms with Crippen LogP contribution in [0.15, 0.2) is 53.4 Å². The first-order valence-corrected chi connectivity index (χ1v) is 9.96. The SMILES string of the molecule is CS(=O)c1ccc(N2CC(C)(CO)C2)c(-c2cc3ccccc3[nH]2)c1. The predicted molar refractivity (Wildman–Crippen MR) is 103 cm³/mol. The fourth-order valence-corrected chi connectivity index (χ4v) is 4.09. The highest BCUT2D eigenvalue weighted by Crippen LogP contribution is 2.40. The molecule has 4 rings (SSSR count). The molecule has 1 unspecified atom stereocenters. The van der Waals surface area contributed by atoms with Crippen molar-refractivity contribution in [3.8, 4) is 11.3 Å². The smallest absolute Gasteiger partial charge is 0.0518 e. The fourth-order valence-electron chi connectivity index (χ4n) is 3.55. The predicted octanol–water partition coefficient (Wildman–Crippen LogP) is 3.39. The molecular formula is C20H22N2O2S. The van der Waals surface area contributed by atoms with Crippen molar-refractivity contribution >= 4 is 27.4 Å². The summed E-state index contributed by atoms with van der Waals surface area (Å²) < 4.78 is 12.0. The Bertz CT molecular complexity index is 924. The van der Waals surface area contributed by atoms with E-state index in [1.807, 2.05) is 24.3 Å². The second kappa shape index (κ2) is 6.00. The van der Waals surface area contributed by atoms with E-state index in [0.717, 1.165) is 45.8 Å². The molecule has 0 radical (unpaired) electrons. The van der Waals surface area contributed by atoms with Gasteiger partial charge in [-0.3, -0.25) is 4.21 Å². The number of rotatable bonds is 4. The van der Waals surface area contributed by atoms with Crippen LogP contribution < -0.4 is 4.90 Å². The van der Waals surface area contributed by atoms with E-state index in [9.17, 15) is 9.32 Å². The summed E-state index contributed by atoms with van der Waals surface area (Å²) in [5.74, 6) is 0. The molecule has 1 aliphatic heterocycles. The van der Waals surface area contributed by atoms with E-state index in [1.165, 1.54) is 0 Å². The van der Waals surface area contributed by atoms with Crippen LogP contribution in [-0.4, -0.2) is 40.3 Å². The van der Waals surface area contributed by atoms with Crippen LogP contribution >= 0.6 is 0 Å². The molecule has 3 aromatic rings. The molecule has 2 N–H and O–H groups in total.